The largest absolute Gasteiger partial charge is 0.438 e. The average Bonchev–Trinajstić information content (AvgIpc) is 2.95. The highest BCUT2D eigenvalue weighted by molar-refractivity contribution is 5.66. The number of aromatic nitrogens is 2. The van der Waals surface area contributed by atoms with Crippen molar-refractivity contribution >= 4 is 11.2 Å². The topological polar surface area (TPSA) is 51.0 Å². The molecule has 2 heterocycles. The van der Waals surface area contributed by atoms with E-state index in [1.807, 2.05) is 12.1 Å². The monoisotopic (exact) mass is 217 g/mol. The van der Waals surface area contributed by atoms with Gasteiger partial charge in [-0.1, -0.05) is 12.8 Å². The summed E-state index contributed by atoms with van der Waals surface area (Å²) >= 11 is 0. The van der Waals surface area contributed by atoms with Gasteiger partial charge in [-0.05, 0) is 25.0 Å². The average molecular weight is 217 g/mol. The lowest BCUT2D eigenvalue weighted by Crippen LogP contribution is -2.25. The molecule has 0 aliphatic heterocycles. The van der Waals surface area contributed by atoms with E-state index in [2.05, 4.69) is 15.3 Å². The lowest BCUT2D eigenvalue weighted by molar-refractivity contribution is 0.450. The van der Waals surface area contributed by atoms with E-state index >= 15 is 0 Å². The van der Waals surface area contributed by atoms with Crippen molar-refractivity contribution in [1.82, 2.24) is 15.3 Å². The maximum atomic E-state index is 5.59. The Morgan fingerprint density at radius 2 is 2.25 bits per heavy atom. The van der Waals surface area contributed by atoms with E-state index < -0.39 is 0 Å². The first-order valence-corrected chi connectivity index (χ1v) is 5.85. The molecule has 16 heavy (non-hydrogen) atoms. The lowest BCUT2D eigenvalue weighted by atomic mass is 10.2. The quantitative estimate of drug-likeness (QED) is 0.856. The first-order chi connectivity index (χ1) is 7.92. The predicted octanol–water partition coefficient (Wildman–Crippen LogP) is 2.25. The standard InChI is InChI=1S/C12H15N3O/c1-2-5-9(4-1)14-8-11-15-12-10(16-11)6-3-7-13-12/h3,6-7,9,14H,1-2,4-5,8H2. The molecule has 1 N–H and O–H groups in total. The van der Waals surface area contributed by atoms with Gasteiger partial charge in [-0.25, -0.2) is 4.98 Å². The first kappa shape index (κ1) is 9.78. The number of hydrogen-bond acceptors (Lipinski definition) is 4. The van der Waals surface area contributed by atoms with E-state index in [0.717, 1.165) is 11.5 Å². The summed E-state index contributed by atoms with van der Waals surface area (Å²) < 4.78 is 5.59. The third-order valence-corrected chi connectivity index (χ3v) is 3.11. The fourth-order valence-corrected chi connectivity index (χ4v) is 2.25. The summed E-state index contributed by atoms with van der Waals surface area (Å²) in [5.41, 5.74) is 1.47. The molecule has 1 aliphatic rings. The van der Waals surface area contributed by atoms with Gasteiger partial charge in [-0.2, -0.15) is 4.98 Å². The molecule has 2 aromatic heterocycles. The van der Waals surface area contributed by atoms with Gasteiger partial charge in [-0.3, -0.25) is 0 Å². The van der Waals surface area contributed by atoms with E-state index in [9.17, 15) is 0 Å². The molecule has 0 aromatic carbocycles. The van der Waals surface area contributed by atoms with Crippen molar-refractivity contribution in [3.63, 3.8) is 0 Å². The Morgan fingerprint density at radius 3 is 3.06 bits per heavy atom. The summed E-state index contributed by atoms with van der Waals surface area (Å²) in [5, 5.41) is 3.47. The van der Waals surface area contributed by atoms with Crippen LogP contribution in [-0.4, -0.2) is 16.0 Å². The van der Waals surface area contributed by atoms with Gasteiger partial charge < -0.3 is 9.73 Å². The molecule has 4 nitrogen and oxygen atoms in total. The van der Waals surface area contributed by atoms with E-state index in [1.165, 1.54) is 25.7 Å². The number of nitrogens with one attached hydrogen (secondary N) is 1. The summed E-state index contributed by atoms with van der Waals surface area (Å²) in [7, 11) is 0. The van der Waals surface area contributed by atoms with Gasteiger partial charge in [0.2, 0.25) is 5.89 Å². The molecule has 0 atom stereocenters. The van der Waals surface area contributed by atoms with Crippen LogP contribution < -0.4 is 5.32 Å². The van der Waals surface area contributed by atoms with E-state index in [4.69, 9.17) is 4.42 Å². The minimum absolute atomic E-state index is 0.642. The first-order valence-electron chi connectivity index (χ1n) is 5.85. The van der Waals surface area contributed by atoms with Gasteiger partial charge >= 0.3 is 0 Å². The fraction of sp³-hybridized carbons (Fsp3) is 0.500. The number of oxazole rings is 1. The highest BCUT2D eigenvalue weighted by atomic mass is 16.3. The Balaban J connectivity index is 1.69. The molecule has 2 aromatic rings. The van der Waals surface area contributed by atoms with Crippen LogP contribution in [0.25, 0.3) is 11.2 Å². The van der Waals surface area contributed by atoms with Gasteiger partial charge in [0.05, 0.1) is 6.54 Å². The fourth-order valence-electron chi connectivity index (χ4n) is 2.25. The summed E-state index contributed by atoms with van der Waals surface area (Å²) in [6.07, 6.45) is 6.97. The van der Waals surface area contributed by atoms with Crippen molar-refractivity contribution in [2.24, 2.45) is 0 Å². The number of rotatable bonds is 3. The molecule has 1 saturated carbocycles. The van der Waals surface area contributed by atoms with Crippen molar-refractivity contribution in [2.45, 2.75) is 38.3 Å². The van der Waals surface area contributed by atoms with Gasteiger partial charge in [0.1, 0.15) is 0 Å². The van der Waals surface area contributed by atoms with Crippen LogP contribution in [0, 0.1) is 0 Å². The second-order valence-electron chi connectivity index (χ2n) is 4.30. The molecule has 0 radical (unpaired) electrons. The highest BCUT2D eigenvalue weighted by Crippen LogP contribution is 2.18. The lowest BCUT2D eigenvalue weighted by Gasteiger charge is -2.08. The Kier molecular flexibility index (Phi) is 2.58. The van der Waals surface area contributed by atoms with Crippen LogP contribution in [0.5, 0.6) is 0 Å². The van der Waals surface area contributed by atoms with Crippen LogP contribution in [0.2, 0.25) is 0 Å². The molecular weight excluding hydrogens is 202 g/mol. The van der Waals surface area contributed by atoms with E-state index in [0.29, 0.717) is 18.2 Å². The van der Waals surface area contributed by atoms with Crippen molar-refractivity contribution < 1.29 is 4.42 Å². The Bertz CT molecular complexity index is 441. The molecule has 1 fully saturated rings. The zero-order valence-electron chi connectivity index (χ0n) is 9.15. The van der Waals surface area contributed by atoms with Crippen LogP contribution in [0.3, 0.4) is 0 Å². The molecule has 4 heteroatoms. The maximum Gasteiger partial charge on any atom is 0.211 e. The second kappa shape index (κ2) is 4.22. The summed E-state index contributed by atoms with van der Waals surface area (Å²) in [6.45, 7) is 0.709. The normalized spacial score (nSPS) is 17.2. The van der Waals surface area contributed by atoms with Gasteiger partial charge in [0.15, 0.2) is 11.2 Å². The predicted molar refractivity (Wildman–Crippen MR) is 60.9 cm³/mol. The van der Waals surface area contributed by atoms with Crippen molar-refractivity contribution in [2.75, 3.05) is 0 Å². The molecule has 0 spiro atoms. The minimum atomic E-state index is 0.642. The van der Waals surface area contributed by atoms with Crippen LogP contribution in [0.1, 0.15) is 31.6 Å². The zero-order chi connectivity index (χ0) is 10.8. The molecule has 0 saturated heterocycles. The van der Waals surface area contributed by atoms with E-state index in [1.54, 1.807) is 6.20 Å². The van der Waals surface area contributed by atoms with Crippen LogP contribution in [0.15, 0.2) is 22.7 Å². The molecule has 84 valence electrons. The number of pyridine rings is 1. The molecule has 1 aliphatic carbocycles. The van der Waals surface area contributed by atoms with Crippen LogP contribution in [0.4, 0.5) is 0 Å². The number of fused-ring (bicyclic) bond motifs is 1. The molecule has 3 rings (SSSR count). The maximum absolute atomic E-state index is 5.59. The Morgan fingerprint density at radius 1 is 1.38 bits per heavy atom. The van der Waals surface area contributed by atoms with Gasteiger partial charge in [-0.15, -0.1) is 0 Å². The summed E-state index contributed by atoms with van der Waals surface area (Å²) in [4.78, 5) is 8.48. The highest BCUT2D eigenvalue weighted by Gasteiger charge is 2.15. The number of hydrogen-bond donors (Lipinski definition) is 1. The van der Waals surface area contributed by atoms with Gasteiger partial charge in [0, 0.05) is 12.2 Å². The SMILES string of the molecule is c1cnc2nc(CNC3CCCC3)oc2c1. The number of nitrogens with zero attached hydrogens (tertiary/aromatic N) is 2. The van der Waals surface area contributed by atoms with Crippen molar-refractivity contribution in [3.05, 3.63) is 24.2 Å². The molecular formula is C12H15N3O. The minimum Gasteiger partial charge on any atom is -0.438 e. The summed E-state index contributed by atoms with van der Waals surface area (Å²) in [6, 6.07) is 4.40. The molecule has 0 unspecified atom stereocenters. The third kappa shape index (κ3) is 1.93. The van der Waals surface area contributed by atoms with E-state index in [-0.39, 0.29) is 0 Å². The molecule has 0 amide bonds. The van der Waals surface area contributed by atoms with Crippen molar-refractivity contribution in [1.29, 1.82) is 0 Å². The smallest absolute Gasteiger partial charge is 0.211 e. The summed E-state index contributed by atoms with van der Waals surface area (Å²) in [5.74, 6) is 0.737. The third-order valence-electron chi connectivity index (χ3n) is 3.11. The Labute approximate surface area is 94.1 Å². The zero-order valence-corrected chi connectivity index (χ0v) is 9.15. The molecule has 0 bridgehead atoms. The van der Waals surface area contributed by atoms with Crippen LogP contribution >= 0.6 is 0 Å². The second-order valence-corrected chi connectivity index (χ2v) is 4.30. The van der Waals surface area contributed by atoms with Crippen LogP contribution in [-0.2, 0) is 6.54 Å². The Hall–Kier alpha value is -1.42. The van der Waals surface area contributed by atoms with Crippen molar-refractivity contribution in [3.8, 4) is 0 Å². The van der Waals surface area contributed by atoms with Gasteiger partial charge in [0.25, 0.3) is 0 Å².